The predicted molar refractivity (Wildman–Crippen MR) is 83.4 cm³/mol. The highest BCUT2D eigenvalue weighted by atomic mass is 16.6. The molecule has 3 rings (SSSR count). The minimum Gasteiger partial charge on any atom is -0.336 e. The van der Waals surface area contributed by atoms with Gasteiger partial charge in [-0.05, 0) is 31.7 Å². The average molecular weight is 342 g/mol. The summed E-state index contributed by atoms with van der Waals surface area (Å²) in [7, 11) is 0. The van der Waals surface area contributed by atoms with Crippen molar-refractivity contribution >= 4 is 23.4 Å². The molecule has 0 unspecified atom stereocenters. The topological polar surface area (TPSA) is 133 Å². The second-order valence-electron chi connectivity index (χ2n) is 6.13. The Kier molecular flexibility index (Phi) is 3.96. The van der Waals surface area contributed by atoms with Crippen molar-refractivity contribution < 1.29 is 19.3 Å². The number of nitro groups is 1. The molecule has 9 heteroatoms. The molecule has 0 spiro atoms. The first-order valence-corrected chi connectivity index (χ1v) is 7.74. The van der Waals surface area contributed by atoms with Crippen molar-refractivity contribution in [1.29, 1.82) is 5.26 Å². The molecule has 0 bridgehead atoms. The maximum atomic E-state index is 12.3. The number of carbonyl (C=O) groups is 3. The first-order valence-electron chi connectivity index (χ1n) is 7.74. The second-order valence-corrected chi connectivity index (χ2v) is 6.13. The summed E-state index contributed by atoms with van der Waals surface area (Å²) < 4.78 is 0. The number of hydrogen-bond donors (Lipinski definition) is 1. The summed E-state index contributed by atoms with van der Waals surface area (Å²) in [6.45, 7) is -0.524. The van der Waals surface area contributed by atoms with Crippen LogP contribution in [0.25, 0.3) is 0 Å². The third-order valence-corrected chi connectivity index (χ3v) is 4.52. The first kappa shape index (κ1) is 16.6. The Morgan fingerprint density at radius 3 is 2.52 bits per heavy atom. The van der Waals surface area contributed by atoms with Crippen LogP contribution < -0.4 is 5.32 Å². The highest BCUT2D eigenvalue weighted by Crippen LogP contribution is 2.29. The number of nitrogens with one attached hydrogen (secondary N) is 1. The van der Waals surface area contributed by atoms with Crippen LogP contribution in [0, 0.1) is 21.4 Å². The van der Waals surface area contributed by atoms with E-state index in [1.165, 1.54) is 6.07 Å². The lowest BCUT2D eigenvalue weighted by atomic mass is 10.00. The Morgan fingerprint density at radius 2 is 1.92 bits per heavy atom. The SMILES string of the molecule is N#CC1(NC(=O)CN2C(=O)c3ccc([N+](=O)[O-])cc3C2=O)CCCC1. The van der Waals surface area contributed by atoms with Crippen LogP contribution in [-0.2, 0) is 4.79 Å². The fourth-order valence-electron chi connectivity index (χ4n) is 3.23. The quantitative estimate of drug-likeness (QED) is 0.495. The average Bonchev–Trinajstić information content (AvgIpc) is 3.14. The molecular weight excluding hydrogens is 328 g/mol. The predicted octanol–water partition coefficient (Wildman–Crippen LogP) is 1.14. The number of imide groups is 1. The first-order chi connectivity index (χ1) is 11.9. The third-order valence-electron chi connectivity index (χ3n) is 4.52. The van der Waals surface area contributed by atoms with Gasteiger partial charge < -0.3 is 5.32 Å². The Morgan fingerprint density at radius 1 is 1.28 bits per heavy atom. The van der Waals surface area contributed by atoms with Gasteiger partial charge in [-0.1, -0.05) is 0 Å². The van der Waals surface area contributed by atoms with E-state index < -0.39 is 34.7 Å². The fourth-order valence-corrected chi connectivity index (χ4v) is 3.23. The van der Waals surface area contributed by atoms with Gasteiger partial charge in [0, 0.05) is 12.1 Å². The highest BCUT2D eigenvalue weighted by Gasteiger charge is 2.40. The van der Waals surface area contributed by atoms with Gasteiger partial charge in [0.05, 0.1) is 22.1 Å². The largest absolute Gasteiger partial charge is 0.336 e. The van der Waals surface area contributed by atoms with Gasteiger partial charge in [-0.15, -0.1) is 0 Å². The highest BCUT2D eigenvalue weighted by molar-refractivity contribution is 6.22. The summed E-state index contributed by atoms with van der Waals surface area (Å²) in [5.74, 6) is -2.04. The number of rotatable bonds is 4. The number of fused-ring (bicyclic) bond motifs is 1. The molecule has 1 saturated carbocycles. The van der Waals surface area contributed by atoms with Crippen molar-refractivity contribution in [3.8, 4) is 6.07 Å². The van der Waals surface area contributed by atoms with Gasteiger partial charge in [0.25, 0.3) is 17.5 Å². The van der Waals surface area contributed by atoms with E-state index in [2.05, 4.69) is 11.4 Å². The molecule has 1 N–H and O–H groups in total. The summed E-state index contributed by atoms with van der Waals surface area (Å²) in [5.41, 5.74) is -1.32. The maximum absolute atomic E-state index is 12.3. The summed E-state index contributed by atoms with van der Waals surface area (Å²) in [4.78, 5) is 47.8. The van der Waals surface area contributed by atoms with Crippen LogP contribution in [0.2, 0.25) is 0 Å². The zero-order valence-corrected chi connectivity index (χ0v) is 13.2. The summed E-state index contributed by atoms with van der Waals surface area (Å²) in [5, 5.41) is 22.7. The molecule has 25 heavy (non-hydrogen) atoms. The molecule has 2 aliphatic rings. The molecular formula is C16H14N4O5. The molecule has 1 heterocycles. The van der Waals surface area contributed by atoms with E-state index in [9.17, 15) is 29.8 Å². The van der Waals surface area contributed by atoms with Crippen LogP contribution in [-0.4, -0.2) is 39.6 Å². The number of nitro benzene ring substituents is 1. The van der Waals surface area contributed by atoms with E-state index in [1.807, 2.05) is 0 Å². The van der Waals surface area contributed by atoms with Crippen molar-refractivity contribution in [1.82, 2.24) is 10.2 Å². The number of carbonyl (C=O) groups excluding carboxylic acids is 3. The van der Waals surface area contributed by atoms with E-state index in [-0.39, 0.29) is 16.8 Å². The Balaban J connectivity index is 1.77. The van der Waals surface area contributed by atoms with Gasteiger partial charge in [0.15, 0.2) is 0 Å². The molecule has 1 aliphatic carbocycles. The van der Waals surface area contributed by atoms with E-state index >= 15 is 0 Å². The molecule has 0 aromatic heterocycles. The number of non-ortho nitro benzene ring substituents is 1. The number of amides is 3. The van der Waals surface area contributed by atoms with Gasteiger partial charge >= 0.3 is 0 Å². The van der Waals surface area contributed by atoms with E-state index in [4.69, 9.17) is 0 Å². The van der Waals surface area contributed by atoms with Gasteiger partial charge in [-0.25, -0.2) is 0 Å². The van der Waals surface area contributed by atoms with Crippen LogP contribution in [0.5, 0.6) is 0 Å². The number of nitriles is 1. The third kappa shape index (κ3) is 2.82. The van der Waals surface area contributed by atoms with Gasteiger partial charge in [-0.3, -0.25) is 29.4 Å². The number of hydrogen-bond acceptors (Lipinski definition) is 6. The number of benzene rings is 1. The molecule has 128 valence electrons. The molecule has 9 nitrogen and oxygen atoms in total. The summed E-state index contributed by atoms with van der Waals surface area (Å²) >= 11 is 0. The van der Waals surface area contributed by atoms with E-state index in [0.717, 1.165) is 29.9 Å². The van der Waals surface area contributed by atoms with Crippen molar-refractivity contribution in [2.75, 3.05) is 6.54 Å². The fraction of sp³-hybridized carbons (Fsp3) is 0.375. The van der Waals surface area contributed by atoms with E-state index in [1.54, 1.807) is 0 Å². The van der Waals surface area contributed by atoms with Gasteiger partial charge in [-0.2, -0.15) is 5.26 Å². The smallest absolute Gasteiger partial charge is 0.270 e. The molecule has 1 fully saturated rings. The van der Waals surface area contributed by atoms with Crippen LogP contribution in [0.15, 0.2) is 18.2 Å². The molecule has 3 amide bonds. The second kappa shape index (κ2) is 5.98. The molecule has 1 aliphatic heterocycles. The maximum Gasteiger partial charge on any atom is 0.270 e. The zero-order chi connectivity index (χ0) is 18.2. The van der Waals surface area contributed by atoms with Crippen LogP contribution in [0.4, 0.5) is 5.69 Å². The zero-order valence-electron chi connectivity index (χ0n) is 13.2. The van der Waals surface area contributed by atoms with Crippen molar-refractivity contribution in [3.63, 3.8) is 0 Å². The molecule has 1 aromatic carbocycles. The normalized spacial score (nSPS) is 18.0. The molecule has 0 radical (unpaired) electrons. The lowest BCUT2D eigenvalue weighted by molar-refractivity contribution is -0.384. The minimum atomic E-state index is -0.950. The lowest BCUT2D eigenvalue weighted by Gasteiger charge is -2.23. The summed E-state index contributed by atoms with van der Waals surface area (Å²) in [6.07, 6.45) is 2.71. The standard InChI is InChI=1S/C16H14N4O5/c17-9-16(5-1-2-6-16)18-13(21)8-19-14(22)11-4-3-10(20(24)25)7-12(11)15(19)23/h3-4,7H,1-2,5-6,8H2,(H,18,21). The molecule has 0 saturated heterocycles. The van der Waals surface area contributed by atoms with Gasteiger partial charge in [0.2, 0.25) is 5.91 Å². The van der Waals surface area contributed by atoms with Crippen LogP contribution >= 0.6 is 0 Å². The molecule has 0 atom stereocenters. The van der Waals surface area contributed by atoms with E-state index in [0.29, 0.717) is 12.8 Å². The van der Waals surface area contributed by atoms with Gasteiger partial charge in [0.1, 0.15) is 12.1 Å². The lowest BCUT2D eigenvalue weighted by Crippen LogP contribution is -2.49. The Labute approximate surface area is 142 Å². The minimum absolute atomic E-state index is 0.0271. The van der Waals surface area contributed by atoms with Crippen LogP contribution in [0.3, 0.4) is 0 Å². The number of nitrogens with zero attached hydrogens (tertiary/aromatic N) is 3. The monoisotopic (exact) mass is 342 g/mol. The van der Waals surface area contributed by atoms with Crippen molar-refractivity contribution in [3.05, 3.63) is 39.4 Å². The van der Waals surface area contributed by atoms with Crippen LogP contribution in [0.1, 0.15) is 46.4 Å². The van der Waals surface area contributed by atoms with Crippen molar-refractivity contribution in [2.24, 2.45) is 0 Å². The Hall–Kier alpha value is -3.28. The Bertz CT molecular complexity index is 835. The summed E-state index contributed by atoms with van der Waals surface area (Å²) in [6, 6.07) is 5.47. The van der Waals surface area contributed by atoms with Crippen molar-refractivity contribution in [2.45, 2.75) is 31.2 Å². The molecule has 1 aromatic rings.